The number of halogens is 1. The number of aryl methyl sites for hydroxylation is 1. The number of carbonyl (C=O) groups excluding carboxylic acids is 1. The Morgan fingerprint density at radius 1 is 1.25 bits per heavy atom. The average molecular weight is 292 g/mol. The summed E-state index contributed by atoms with van der Waals surface area (Å²) < 4.78 is 5.09. The van der Waals surface area contributed by atoms with E-state index in [0.717, 1.165) is 0 Å². The van der Waals surface area contributed by atoms with Gasteiger partial charge in [0.25, 0.3) is 5.91 Å². The summed E-state index contributed by atoms with van der Waals surface area (Å²) in [6.07, 6.45) is 0. The molecule has 0 saturated carbocycles. The molecule has 0 fully saturated rings. The van der Waals surface area contributed by atoms with Crippen LogP contribution in [-0.2, 0) is 0 Å². The van der Waals surface area contributed by atoms with Gasteiger partial charge in [-0.15, -0.1) is 0 Å². The smallest absolute Gasteiger partial charge is 0.255 e. The molecule has 0 radical (unpaired) electrons. The molecule has 0 heterocycles. The zero-order chi connectivity index (χ0) is 14.7. The molecule has 0 spiro atoms. The maximum Gasteiger partial charge on any atom is 0.255 e. The van der Waals surface area contributed by atoms with Gasteiger partial charge in [0.1, 0.15) is 11.5 Å². The van der Waals surface area contributed by atoms with Crippen LogP contribution in [0.5, 0.6) is 11.5 Å². The third-order valence-electron chi connectivity index (χ3n) is 2.88. The van der Waals surface area contributed by atoms with Crippen LogP contribution in [-0.4, -0.2) is 18.1 Å². The molecule has 0 aliphatic heterocycles. The predicted octanol–water partition coefficient (Wildman–Crippen LogP) is 3.61. The first kappa shape index (κ1) is 14.2. The Morgan fingerprint density at radius 2 is 2.00 bits per heavy atom. The van der Waals surface area contributed by atoms with E-state index in [1.807, 2.05) is 0 Å². The van der Waals surface area contributed by atoms with E-state index in [-0.39, 0.29) is 11.7 Å². The number of hydrogen-bond acceptors (Lipinski definition) is 3. The number of aromatic hydroxyl groups is 1. The van der Waals surface area contributed by atoms with E-state index in [1.165, 1.54) is 12.1 Å². The molecule has 0 unspecified atom stereocenters. The maximum absolute atomic E-state index is 12.2. The summed E-state index contributed by atoms with van der Waals surface area (Å²) in [4.78, 5) is 12.2. The molecule has 1 amide bonds. The standard InChI is InChI=1S/C15H14ClNO3/c1-9-7-10(18)3-5-12(9)15(19)17-14-8-11(20-2)4-6-13(14)16/h3-8,18H,1-2H3,(H,17,19). The quantitative estimate of drug-likeness (QED) is 0.908. The summed E-state index contributed by atoms with van der Waals surface area (Å²) in [5.41, 5.74) is 1.63. The largest absolute Gasteiger partial charge is 0.508 e. The molecule has 2 N–H and O–H groups in total. The number of benzene rings is 2. The Kier molecular flexibility index (Phi) is 4.15. The number of ether oxygens (including phenoxy) is 1. The zero-order valence-electron chi connectivity index (χ0n) is 11.1. The lowest BCUT2D eigenvalue weighted by molar-refractivity contribution is 0.102. The molecule has 20 heavy (non-hydrogen) atoms. The Bertz CT molecular complexity index is 656. The second kappa shape index (κ2) is 5.84. The van der Waals surface area contributed by atoms with Gasteiger partial charge in [0, 0.05) is 11.6 Å². The lowest BCUT2D eigenvalue weighted by Gasteiger charge is -2.10. The number of methoxy groups -OCH3 is 1. The lowest BCUT2D eigenvalue weighted by Crippen LogP contribution is -2.13. The molecule has 0 aliphatic rings. The minimum Gasteiger partial charge on any atom is -0.508 e. The highest BCUT2D eigenvalue weighted by molar-refractivity contribution is 6.34. The molecule has 2 rings (SSSR count). The number of amides is 1. The van der Waals surface area contributed by atoms with Crippen LogP contribution in [0.25, 0.3) is 0 Å². The van der Waals surface area contributed by atoms with E-state index in [4.69, 9.17) is 16.3 Å². The van der Waals surface area contributed by atoms with Gasteiger partial charge < -0.3 is 15.2 Å². The van der Waals surface area contributed by atoms with Gasteiger partial charge in [-0.3, -0.25) is 4.79 Å². The minimum absolute atomic E-state index is 0.124. The van der Waals surface area contributed by atoms with E-state index < -0.39 is 0 Å². The Hall–Kier alpha value is -2.20. The van der Waals surface area contributed by atoms with Crippen LogP contribution < -0.4 is 10.1 Å². The number of rotatable bonds is 3. The van der Waals surface area contributed by atoms with Gasteiger partial charge in [-0.2, -0.15) is 0 Å². The highest BCUT2D eigenvalue weighted by Crippen LogP contribution is 2.27. The number of nitrogens with one attached hydrogen (secondary N) is 1. The van der Waals surface area contributed by atoms with Crippen molar-refractivity contribution in [2.45, 2.75) is 6.92 Å². The van der Waals surface area contributed by atoms with Crippen molar-refractivity contribution >= 4 is 23.2 Å². The molecule has 0 aromatic heterocycles. The van der Waals surface area contributed by atoms with E-state index in [1.54, 1.807) is 38.3 Å². The maximum atomic E-state index is 12.2. The minimum atomic E-state index is -0.294. The second-order valence-corrected chi connectivity index (χ2v) is 4.71. The van der Waals surface area contributed by atoms with Crippen molar-refractivity contribution in [2.24, 2.45) is 0 Å². The Morgan fingerprint density at radius 3 is 2.65 bits per heavy atom. The first-order chi connectivity index (χ1) is 9.51. The molecule has 0 aliphatic carbocycles. The van der Waals surface area contributed by atoms with Crippen molar-refractivity contribution < 1.29 is 14.6 Å². The molecule has 0 saturated heterocycles. The van der Waals surface area contributed by atoms with Crippen molar-refractivity contribution in [3.63, 3.8) is 0 Å². The van der Waals surface area contributed by atoms with Crippen LogP contribution in [0, 0.1) is 6.92 Å². The van der Waals surface area contributed by atoms with Crippen LogP contribution in [0.4, 0.5) is 5.69 Å². The summed E-state index contributed by atoms with van der Waals surface area (Å²) in [6.45, 7) is 1.75. The zero-order valence-corrected chi connectivity index (χ0v) is 11.9. The highest BCUT2D eigenvalue weighted by Gasteiger charge is 2.12. The van der Waals surface area contributed by atoms with Crippen LogP contribution in [0.3, 0.4) is 0 Å². The van der Waals surface area contributed by atoms with Crippen molar-refractivity contribution in [1.82, 2.24) is 0 Å². The number of phenolic OH excluding ortho intramolecular Hbond substituents is 1. The molecule has 2 aromatic carbocycles. The Balaban J connectivity index is 2.27. The molecular weight excluding hydrogens is 278 g/mol. The summed E-state index contributed by atoms with van der Waals surface area (Å²) in [5, 5.41) is 12.5. The fourth-order valence-corrected chi connectivity index (χ4v) is 1.98. The fraction of sp³-hybridized carbons (Fsp3) is 0.133. The number of hydrogen-bond donors (Lipinski definition) is 2. The third-order valence-corrected chi connectivity index (χ3v) is 3.21. The summed E-state index contributed by atoms with van der Waals surface area (Å²) >= 11 is 6.04. The van der Waals surface area contributed by atoms with Crippen LogP contribution in [0.15, 0.2) is 36.4 Å². The molecule has 104 valence electrons. The fourth-order valence-electron chi connectivity index (χ4n) is 1.82. The topological polar surface area (TPSA) is 58.6 Å². The normalized spacial score (nSPS) is 10.2. The van der Waals surface area contributed by atoms with Gasteiger partial charge in [0.05, 0.1) is 17.8 Å². The van der Waals surface area contributed by atoms with E-state index in [2.05, 4.69) is 5.32 Å². The number of anilines is 1. The van der Waals surface area contributed by atoms with Crippen molar-refractivity contribution in [1.29, 1.82) is 0 Å². The van der Waals surface area contributed by atoms with Crippen LogP contribution in [0.2, 0.25) is 5.02 Å². The second-order valence-electron chi connectivity index (χ2n) is 4.30. The van der Waals surface area contributed by atoms with E-state index >= 15 is 0 Å². The monoisotopic (exact) mass is 291 g/mol. The molecule has 0 bridgehead atoms. The van der Waals surface area contributed by atoms with Gasteiger partial charge in [0.15, 0.2) is 0 Å². The van der Waals surface area contributed by atoms with Crippen molar-refractivity contribution in [3.8, 4) is 11.5 Å². The molecule has 4 nitrogen and oxygen atoms in total. The van der Waals surface area contributed by atoms with Gasteiger partial charge >= 0.3 is 0 Å². The van der Waals surface area contributed by atoms with Gasteiger partial charge in [-0.25, -0.2) is 0 Å². The van der Waals surface area contributed by atoms with E-state index in [0.29, 0.717) is 27.6 Å². The molecular formula is C15H14ClNO3. The molecule has 0 atom stereocenters. The van der Waals surface area contributed by atoms with Crippen LogP contribution >= 0.6 is 11.6 Å². The third kappa shape index (κ3) is 3.03. The number of carbonyl (C=O) groups is 1. The summed E-state index contributed by atoms with van der Waals surface area (Å²) in [5.74, 6) is 0.434. The van der Waals surface area contributed by atoms with Crippen LogP contribution in [0.1, 0.15) is 15.9 Å². The first-order valence-corrected chi connectivity index (χ1v) is 6.33. The van der Waals surface area contributed by atoms with Gasteiger partial charge in [-0.1, -0.05) is 11.6 Å². The Labute approximate surface area is 122 Å². The average Bonchev–Trinajstić information content (AvgIpc) is 2.41. The van der Waals surface area contributed by atoms with Crippen molar-refractivity contribution in [2.75, 3.05) is 12.4 Å². The first-order valence-electron chi connectivity index (χ1n) is 5.96. The van der Waals surface area contributed by atoms with E-state index in [9.17, 15) is 9.90 Å². The number of phenols is 1. The molecule has 2 aromatic rings. The lowest BCUT2D eigenvalue weighted by atomic mass is 10.1. The summed E-state index contributed by atoms with van der Waals surface area (Å²) in [7, 11) is 1.54. The van der Waals surface area contributed by atoms with Gasteiger partial charge in [-0.05, 0) is 42.8 Å². The predicted molar refractivity (Wildman–Crippen MR) is 78.8 cm³/mol. The summed E-state index contributed by atoms with van der Waals surface area (Å²) in [6, 6.07) is 9.57. The molecule has 5 heteroatoms. The van der Waals surface area contributed by atoms with Crippen molar-refractivity contribution in [3.05, 3.63) is 52.5 Å². The highest BCUT2D eigenvalue weighted by atomic mass is 35.5. The SMILES string of the molecule is COc1ccc(Cl)c(NC(=O)c2ccc(O)cc2C)c1. The van der Waals surface area contributed by atoms with Gasteiger partial charge in [0.2, 0.25) is 0 Å².